The van der Waals surface area contributed by atoms with Gasteiger partial charge in [0.15, 0.2) is 9.84 Å². The van der Waals surface area contributed by atoms with Crippen molar-refractivity contribution in [3.05, 3.63) is 35.6 Å². The molecule has 1 rings (SSSR count). The third-order valence-electron chi connectivity index (χ3n) is 2.41. The van der Waals surface area contributed by atoms with Gasteiger partial charge in [0.1, 0.15) is 5.82 Å². The van der Waals surface area contributed by atoms with E-state index in [1.165, 1.54) is 24.3 Å². The molecule has 0 saturated carbocycles. The van der Waals surface area contributed by atoms with E-state index < -0.39 is 9.84 Å². The smallest absolute Gasteiger partial charge is 0.154 e. The summed E-state index contributed by atoms with van der Waals surface area (Å²) in [5, 5.41) is 8.57. The Balaban J connectivity index is 2.46. The lowest BCUT2D eigenvalue weighted by molar-refractivity contribution is 0.284. The lowest BCUT2D eigenvalue weighted by Gasteiger charge is -2.04. The van der Waals surface area contributed by atoms with Crippen LogP contribution in [-0.4, -0.2) is 25.9 Å². The van der Waals surface area contributed by atoms with Gasteiger partial charge in [-0.1, -0.05) is 18.6 Å². The van der Waals surface area contributed by atoms with Crippen molar-refractivity contribution in [2.75, 3.05) is 12.4 Å². The van der Waals surface area contributed by atoms with Gasteiger partial charge in [-0.05, 0) is 30.5 Å². The maximum Gasteiger partial charge on any atom is 0.154 e. The molecule has 0 atom stereocenters. The lowest BCUT2D eigenvalue weighted by atomic mass is 10.2. The number of aliphatic hydroxyl groups is 1. The normalized spacial score (nSPS) is 11.6. The maximum absolute atomic E-state index is 12.6. The second-order valence-corrected chi connectivity index (χ2v) is 6.19. The molecule has 0 aliphatic rings. The first-order valence-electron chi connectivity index (χ1n) is 5.59. The molecule has 0 aliphatic carbocycles. The molecule has 1 N–H and O–H groups in total. The molecule has 0 aliphatic heterocycles. The summed E-state index contributed by atoms with van der Waals surface area (Å²) < 4.78 is 36.0. The van der Waals surface area contributed by atoms with Gasteiger partial charge in [-0.15, -0.1) is 0 Å². The second-order valence-electron chi connectivity index (χ2n) is 4.00. The summed E-state index contributed by atoms with van der Waals surface area (Å²) in [6, 6.07) is 5.49. The van der Waals surface area contributed by atoms with E-state index in [-0.39, 0.29) is 23.9 Å². The van der Waals surface area contributed by atoms with E-state index >= 15 is 0 Å². The van der Waals surface area contributed by atoms with Crippen molar-refractivity contribution in [3.8, 4) is 0 Å². The van der Waals surface area contributed by atoms with Gasteiger partial charge >= 0.3 is 0 Å². The molecule has 0 bridgehead atoms. The monoisotopic (exact) mass is 260 g/mol. The number of benzene rings is 1. The van der Waals surface area contributed by atoms with Crippen LogP contribution in [0, 0.1) is 5.82 Å². The van der Waals surface area contributed by atoms with Crippen molar-refractivity contribution < 1.29 is 17.9 Å². The number of hydrogen-bond donors (Lipinski definition) is 1. The van der Waals surface area contributed by atoms with Crippen LogP contribution in [0.15, 0.2) is 24.3 Å². The van der Waals surface area contributed by atoms with Crippen molar-refractivity contribution in [3.63, 3.8) is 0 Å². The van der Waals surface area contributed by atoms with Crippen molar-refractivity contribution >= 4 is 9.84 Å². The maximum atomic E-state index is 12.6. The van der Waals surface area contributed by atoms with Crippen LogP contribution in [0.5, 0.6) is 0 Å². The van der Waals surface area contributed by atoms with Crippen molar-refractivity contribution in [2.45, 2.75) is 25.0 Å². The molecule has 0 heterocycles. The molecule has 96 valence electrons. The Morgan fingerprint density at radius 2 is 1.71 bits per heavy atom. The molecule has 3 nitrogen and oxygen atoms in total. The molecule has 0 radical (unpaired) electrons. The molecular weight excluding hydrogens is 243 g/mol. The molecule has 0 aromatic heterocycles. The first kappa shape index (κ1) is 14.1. The number of unbranched alkanes of at least 4 members (excludes halogenated alkanes) is 2. The average molecular weight is 260 g/mol. The zero-order valence-corrected chi connectivity index (χ0v) is 10.4. The average Bonchev–Trinajstić information content (AvgIpc) is 2.27. The summed E-state index contributed by atoms with van der Waals surface area (Å²) >= 11 is 0. The lowest BCUT2D eigenvalue weighted by Crippen LogP contribution is -2.09. The van der Waals surface area contributed by atoms with Crippen LogP contribution in [0.3, 0.4) is 0 Å². The standard InChI is InChI=1S/C12H17FO3S/c13-12-6-4-11(5-7-12)10-17(15,16)9-3-1-2-8-14/h4-7,14H,1-3,8-10H2. The van der Waals surface area contributed by atoms with Gasteiger partial charge in [0.2, 0.25) is 0 Å². The van der Waals surface area contributed by atoms with E-state index in [4.69, 9.17) is 5.11 Å². The molecule has 1 aromatic rings. The Morgan fingerprint density at radius 3 is 2.29 bits per heavy atom. The minimum absolute atomic E-state index is 0.0492. The fourth-order valence-corrected chi connectivity index (χ4v) is 3.01. The van der Waals surface area contributed by atoms with Crippen LogP contribution in [-0.2, 0) is 15.6 Å². The van der Waals surface area contributed by atoms with Gasteiger partial charge in [-0.3, -0.25) is 0 Å². The SMILES string of the molecule is O=S(=O)(CCCCCO)Cc1ccc(F)cc1. The van der Waals surface area contributed by atoms with Crippen LogP contribution < -0.4 is 0 Å². The minimum Gasteiger partial charge on any atom is -0.396 e. The van der Waals surface area contributed by atoms with Crippen molar-refractivity contribution in [1.29, 1.82) is 0 Å². The Labute approximate surface area is 101 Å². The topological polar surface area (TPSA) is 54.4 Å². The first-order chi connectivity index (χ1) is 8.03. The highest BCUT2D eigenvalue weighted by atomic mass is 32.2. The van der Waals surface area contributed by atoms with Gasteiger partial charge in [0.25, 0.3) is 0 Å². The molecule has 0 amide bonds. The molecule has 0 fully saturated rings. The summed E-state index contributed by atoms with van der Waals surface area (Å²) in [6.07, 6.45) is 1.90. The molecule has 0 spiro atoms. The summed E-state index contributed by atoms with van der Waals surface area (Å²) in [5.41, 5.74) is 0.605. The molecule has 1 aromatic carbocycles. The first-order valence-corrected chi connectivity index (χ1v) is 7.41. The highest BCUT2D eigenvalue weighted by Gasteiger charge is 2.11. The van der Waals surface area contributed by atoms with Gasteiger partial charge in [0.05, 0.1) is 11.5 Å². The third-order valence-corrected chi connectivity index (χ3v) is 4.10. The highest BCUT2D eigenvalue weighted by Crippen LogP contribution is 2.10. The number of sulfone groups is 1. The van der Waals surface area contributed by atoms with E-state index in [1.807, 2.05) is 0 Å². The van der Waals surface area contributed by atoms with E-state index in [1.54, 1.807) is 0 Å². The van der Waals surface area contributed by atoms with Gasteiger partial charge in [0, 0.05) is 6.61 Å². The number of rotatable bonds is 7. The third kappa shape index (κ3) is 5.79. The largest absolute Gasteiger partial charge is 0.396 e. The molecule has 17 heavy (non-hydrogen) atoms. The minimum atomic E-state index is -3.13. The van der Waals surface area contributed by atoms with Gasteiger partial charge < -0.3 is 5.11 Å². The van der Waals surface area contributed by atoms with Crippen molar-refractivity contribution in [2.24, 2.45) is 0 Å². The Morgan fingerprint density at radius 1 is 1.06 bits per heavy atom. The predicted octanol–water partition coefficient (Wildman–Crippen LogP) is 1.90. The molecule has 0 saturated heterocycles. The van der Waals surface area contributed by atoms with E-state index in [0.717, 1.165) is 0 Å². The van der Waals surface area contributed by atoms with E-state index in [0.29, 0.717) is 24.8 Å². The summed E-state index contributed by atoms with van der Waals surface area (Å²) in [5.74, 6) is -0.300. The Kier molecular flexibility index (Phi) is 5.58. The Bertz CT molecular complexity index is 426. The predicted molar refractivity (Wildman–Crippen MR) is 64.8 cm³/mol. The molecule has 5 heteroatoms. The zero-order valence-electron chi connectivity index (χ0n) is 9.60. The van der Waals surface area contributed by atoms with Crippen LogP contribution >= 0.6 is 0 Å². The quantitative estimate of drug-likeness (QED) is 0.762. The number of halogens is 1. The zero-order chi connectivity index (χ0) is 12.7. The highest BCUT2D eigenvalue weighted by molar-refractivity contribution is 7.90. The van der Waals surface area contributed by atoms with Crippen LogP contribution in [0.2, 0.25) is 0 Å². The van der Waals surface area contributed by atoms with Crippen LogP contribution in [0.4, 0.5) is 4.39 Å². The molecular formula is C12H17FO3S. The number of aliphatic hydroxyl groups excluding tert-OH is 1. The number of hydrogen-bond acceptors (Lipinski definition) is 3. The second kappa shape index (κ2) is 6.71. The van der Waals surface area contributed by atoms with Crippen LogP contribution in [0.25, 0.3) is 0 Å². The van der Waals surface area contributed by atoms with E-state index in [9.17, 15) is 12.8 Å². The fourth-order valence-electron chi connectivity index (χ4n) is 1.52. The summed E-state index contributed by atoms with van der Waals surface area (Å²) in [4.78, 5) is 0. The molecule has 0 unspecified atom stereocenters. The fraction of sp³-hybridized carbons (Fsp3) is 0.500. The Hall–Kier alpha value is -0.940. The van der Waals surface area contributed by atoms with Gasteiger partial charge in [-0.2, -0.15) is 0 Å². The van der Waals surface area contributed by atoms with Gasteiger partial charge in [-0.25, -0.2) is 12.8 Å². The van der Waals surface area contributed by atoms with E-state index in [2.05, 4.69) is 0 Å². The summed E-state index contributed by atoms with van der Waals surface area (Å²) in [7, 11) is -3.13. The van der Waals surface area contributed by atoms with Crippen molar-refractivity contribution in [1.82, 2.24) is 0 Å². The van der Waals surface area contributed by atoms with Crippen LogP contribution in [0.1, 0.15) is 24.8 Å². The summed E-state index contributed by atoms with van der Waals surface area (Å²) in [6.45, 7) is 0.0952.